The van der Waals surface area contributed by atoms with Crippen LogP contribution in [0.5, 0.6) is 0 Å². The number of hydrogen-bond donors (Lipinski definition) is 1. The molecule has 0 atom stereocenters. The average molecular weight is 305 g/mol. The summed E-state index contributed by atoms with van der Waals surface area (Å²) < 4.78 is 0. The summed E-state index contributed by atoms with van der Waals surface area (Å²) in [6, 6.07) is 7.08. The van der Waals surface area contributed by atoms with Gasteiger partial charge >= 0.3 is 5.97 Å². The van der Waals surface area contributed by atoms with Crippen molar-refractivity contribution in [1.82, 2.24) is 9.97 Å². The lowest BCUT2D eigenvalue weighted by atomic mass is 10.2. The zero-order chi connectivity index (χ0) is 14.5. The molecule has 2 rings (SSSR count). The van der Waals surface area contributed by atoms with E-state index in [1.165, 1.54) is 18.0 Å². The van der Waals surface area contributed by atoms with E-state index in [1.807, 2.05) is 0 Å². The predicted molar refractivity (Wildman–Crippen MR) is 78.2 cm³/mol. The zero-order valence-electron chi connectivity index (χ0n) is 10.4. The van der Waals surface area contributed by atoms with Crippen molar-refractivity contribution in [3.8, 4) is 11.8 Å². The minimum atomic E-state index is -1.13. The third-order valence-corrected chi connectivity index (χ3v) is 3.25. The summed E-state index contributed by atoms with van der Waals surface area (Å²) in [6.45, 7) is 0. The van der Waals surface area contributed by atoms with E-state index in [1.54, 1.807) is 30.5 Å². The third kappa shape index (κ3) is 3.29. The molecule has 0 saturated carbocycles. The van der Waals surface area contributed by atoms with Crippen molar-refractivity contribution >= 4 is 29.3 Å². The standard InChI is InChI=1S/C14H9ClN2O2S/c1-20-14-16-8-10(12(17-14)13(18)19)7-6-9-4-2-3-5-11(9)15/h2-5,8H,1H3,(H,18,19). The molecule has 0 amide bonds. The molecule has 2 aromatic rings. The number of aromatic carboxylic acids is 1. The maximum atomic E-state index is 11.2. The van der Waals surface area contributed by atoms with Gasteiger partial charge in [0, 0.05) is 11.8 Å². The smallest absolute Gasteiger partial charge is 0.355 e. The van der Waals surface area contributed by atoms with Gasteiger partial charge in [-0.2, -0.15) is 0 Å². The van der Waals surface area contributed by atoms with Gasteiger partial charge in [0.1, 0.15) is 0 Å². The number of hydrogen-bond acceptors (Lipinski definition) is 4. The summed E-state index contributed by atoms with van der Waals surface area (Å²) in [5.41, 5.74) is 0.776. The van der Waals surface area contributed by atoms with Crippen LogP contribution in [0.1, 0.15) is 21.6 Å². The predicted octanol–water partition coefficient (Wildman–Crippen LogP) is 2.95. The van der Waals surface area contributed by atoms with Crippen molar-refractivity contribution in [3.63, 3.8) is 0 Å². The lowest BCUT2D eigenvalue weighted by molar-refractivity contribution is 0.0689. The number of carboxylic acids is 1. The number of benzene rings is 1. The van der Waals surface area contributed by atoms with Crippen molar-refractivity contribution in [2.45, 2.75) is 5.16 Å². The van der Waals surface area contributed by atoms with Gasteiger partial charge in [0.2, 0.25) is 0 Å². The number of aromatic nitrogens is 2. The molecule has 20 heavy (non-hydrogen) atoms. The molecule has 1 aromatic heterocycles. The first-order chi connectivity index (χ1) is 9.61. The van der Waals surface area contributed by atoms with Crippen LogP contribution in [-0.2, 0) is 0 Å². The highest BCUT2D eigenvalue weighted by molar-refractivity contribution is 7.98. The third-order valence-electron chi connectivity index (χ3n) is 2.36. The first-order valence-corrected chi connectivity index (χ1v) is 7.13. The van der Waals surface area contributed by atoms with Crippen molar-refractivity contribution < 1.29 is 9.90 Å². The van der Waals surface area contributed by atoms with Gasteiger partial charge < -0.3 is 5.11 Å². The van der Waals surface area contributed by atoms with Gasteiger partial charge in [0.25, 0.3) is 0 Å². The van der Waals surface area contributed by atoms with Crippen molar-refractivity contribution in [1.29, 1.82) is 0 Å². The molecule has 1 heterocycles. The topological polar surface area (TPSA) is 63.1 Å². The second-order valence-corrected chi connectivity index (χ2v) is 4.83. The Bertz CT molecular complexity index is 723. The second kappa shape index (κ2) is 6.42. The van der Waals surface area contributed by atoms with Gasteiger partial charge in [-0.15, -0.1) is 0 Å². The lowest BCUT2D eigenvalue weighted by Gasteiger charge is -2.00. The monoisotopic (exact) mass is 304 g/mol. The van der Waals surface area contributed by atoms with E-state index in [0.717, 1.165) is 0 Å². The number of halogens is 1. The Morgan fingerprint density at radius 1 is 1.30 bits per heavy atom. The Balaban J connectivity index is 2.45. The fourth-order valence-corrected chi connectivity index (χ4v) is 1.94. The highest BCUT2D eigenvalue weighted by Crippen LogP contribution is 2.15. The van der Waals surface area contributed by atoms with Crippen LogP contribution in [0.3, 0.4) is 0 Å². The molecule has 1 aromatic carbocycles. The summed E-state index contributed by atoms with van der Waals surface area (Å²) >= 11 is 7.26. The summed E-state index contributed by atoms with van der Waals surface area (Å²) in [6.07, 6.45) is 3.18. The van der Waals surface area contributed by atoms with Crippen LogP contribution >= 0.6 is 23.4 Å². The number of carbonyl (C=O) groups is 1. The molecule has 0 spiro atoms. The van der Waals surface area contributed by atoms with Crippen LogP contribution in [0, 0.1) is 11.8 Å². The first-order valence-electron chi connectivity index (χ1n) is 5.52. The summed E-state index contributed by atoms with van der Waals surface area (Å²) in [4.78, 5) is 19.1. The Kier molecular flexibility index (Phi) is 4.61. The van der Waals surface area contributed by atoms with Gasteiger partial charge in [0.15, 0.2) is 10.9 Å². The molecule has 0 saturated heterocycles. The van der Waals surface area contributed by atoms with E-state index >= 15 is 0 Å². The Morgan fingerprint density at radius 3 is 2.65 bits per heavy atom. The molecule has 100 valence electrons. The second-order valence-electron chi connectivity index (χ2n) is 3.65. The molecule has 0 bridgehead atoms. The van der Waals surface area contributed by atoms with Crippen molar-refractivity contribution in [3.05, 3.63) is 52.3 Å². The largest absolute Gasteiger partial charge is 0.476 e. The van der Waals surface area contributed by atoms with Gasteiger partial charge in [-0.05, 0) is 18.4 Å². The molecule has 0 aliphatic rings. The average Bonchev–Trinajstić information content (AvgIpc) is 2.46. The highest BCUT2D eigenvalue weighted by atomic mass is 35.5. The molecule has 4 nitrogen and oxygen atoms in total. The fourth-order valence-electron chi connectivity index (χ4n) is 1.42. The number of nitrogens with zero attached hydrogens (tertiary/aromatic N) is 2. The number of thioether (sulfide) groups is 1. The Labute approximate surface area is 125 Å². The van der Waals surface area contributed by atoms with Gasteiger partial charge in [0.05, 0.1) is 10.6 Å². The molecule has 1 N–H and O–H groups in total. The van der Waals surface area contributed by atoms with Crippen LogP contribution in [0.2, 0.25) is 5.02 Å². The molecule has 0 aliphatic carbocycles. The fraction of sp³-hybridized carbons (Fsp3) is 0.0714. The lowest BCUT2D eigenvalue weighted by Crippen LogP contribution is -2.06. The van der Waals surface area contributed by atoms with Gasteiger partial charge in [-0.3, -0.25) is 0 Å². The van der Waals surface area contributed by atoms with Crippen LogP contribution in [0.4, 0.5) is 0 Å². The van der Waals surface area contributed by atoms with Crippen LogP contribution in [0.15, 0.2) is 35.6 Å². The van der Waals surface area contributed by atoms with Gasteiger partial charge in [-0.1, -0.05) is 47.3 Å². The first kappa shape index (κ1) is 14.4. The van der Waals surface area contributed by atoms with Gasteiger partial charge in [-0.25, -0.2) is 14.8 Å². The minimum Gasteiger partial charge on any atom is -0.476 e. The molecule has 0 fully saturated rings. The van der Waals surface area contributed by atoms with E-state index in [4.69, 9.17) is 16.7 Å². The maximum Gasteiger partial charge on any atom is 0.355 e. The molecular weight excluding hydrogens is 296 g/mol. The molecule has 0 aliphatic heterocycles. The van der Waals surface area contributed by atoms with Crippen LogP contribution in [0.25, 0.3) is 0 Å². The van der Waals surface area contributed by atoms with E-state index in [0.29, 0.717) is 15.7 Å². The van der Waals surface area contributed by atoms with E-state index in [-0.39, 0.29) is 11.3 Å². The summed E-state index contributed by atoms with van der Waals surface area (Å²) in [5.74, 6) is 4.45. The van der Waals surface area contributed by atoms with E-state index in [9.17, 15) is 4.79 Å². The minimum absolute atomic E-state index is 0.107. The molecule has 0 unspecified atom stereocenters. The molecular formula is C14H9ClN2O2S. The Hall–Kier alpha value is -2.03. The van der Waals surface area contributed by atoms with E-state index in [2.05, 4.69) is 21.8 Å². The summed E-state index contributed by atoms with van der Waals surface area (Å²) in [7, 11) is 0. The van der Waals surface area contributed by atoms with Crippen LogP contribution < -0.4 is 0 Å². The van der Waals surface area contributed by atoms with E-state index < -0.39 is 5.97 Å². The number of carboxylic acid groups (broad SMARTS) is 1. The Morgan fingerprint density at radius 2 is 2.00 bits per heavy atom. The normalized spacial score (nSPS) is 9.70. The van der Waals surface area contributed by atoms with Crippen molar-refractivity contribution in [2.75, 3.05) is 6.26 Å². The highest BCUT2D eigenvalue weighted by Gasteiger charge is 2.12. The van der Waals surface area contributed by atoms with Crippen molar-refractivity contribution in [2.24, 2.45) is 0 Å². The molecule has 6 heteroatoms. The maximum absolute atomic E-state index is 11.2. The number of rotatable bonds is 2. The zero-order valence-corrected chi connectivity index (χ0v) is 12.0. The quantitative estimate of drug-likeness (QED) is 0.525. The summed E-state index contributed by atoms with van der Waals surface area (Å²) in [5, 5.41) is 10.1. The van der Waals surface area contributed by atoms with Crippen LogP contribution in [-0.4, -0.2) is 27.3 Å². The molecule has 0 radical (unpaired) electrons. The SMILES string of the molecule is CSc1ncc(C#Cc2ccccc2Cl)c(C(=O)O)n1.